The highest BCUT2D eigenvalue weighted by atomic mass is 16.3. The Balaban J connectivity index is 2.09. The van der Waals surface area contributed by atoms with Crippen molar-refractivity contribution in [3.8, 4) is 0 Å². The molecule has 1 N–H and O–H groups in total. The van der Waals surface area contributed by atoms with Crippen LogP contribution in [0.2, 0.25) is 0 Å². The molecule has 0 aliphatic heterocycles. The molecular weight excluding hydrogens is 260 g/mol. The number of hydrogen-bond acceptors (Lipinski definition) is 3. The lowest BCUT2D eigenvalue weighted by molar-refractivity contribution is 0.475. The highest BCUT2D eigenvalue weighted by molar-refractivity contribution is 5.79. The van der Waals surface area contributed by atoms with E-state index in [0.717, 1.165) is 28.8 Å². The Bertz CT molecular complexity index is 761. The first-order chi connectivity index (χ1) is 10.2. The van der Waals surface area contributed by atoms with Gasteiger partial charge in [-0.15, -0.1) is 0 Å². The van der Waals surface area contributed by atoms with Crippen LogP contribution in [0.15, 0.2) is 47.1 Å². The second-order valence-electron chi connectivity index (χ2n) is 5.41. The zero-order chi connectivity index (χ0) is 14.8. The van der Waals surface area contributed by atoms with Crippen molar-refractivity contribution in [1.82, 2.24) is 10.3 Å². The van der Waals surface area contributed by atoms with Crippen molar-refractivity contribution in [1.29, 1.82) is 0 Å². The molecule has 3 rings (SSSR count). The van der Waals surface area contributed by atoms with Gasteiger partial charge in [0.1, 0.15) is 11.3 Å². The van der Waals surface area contributed by atoms with Crippen LogP contribution >= 0.6 is 0 Å². The van der Waals surface area contributed by atoms with Crippen LogP contribution < -0.4 is 5.32 Å². The smallest absolute Gasteiger partial charge is 0.134 e. The van der Waals surface area contributed by atoms with Crippen LogP contribution in [0.4, 0.5) is 0 Å². The van der Waals surface area contributed by atoms with Gasteiger partial charge in [-0.05, 0) is 55.8 Å². The van der Waals surface area contributed by atoms with Gasteiger partial charge in [-0.25, -0.2) is 0 Å². The number of hydrogen-bond donors (Lipinski definition) is 1. The van der Waals surface area contributed by atoms with Crippen LogP contribution in [-0.2, 0) is 0 Å². The first-order valence-corrected chi connectivity index (χ1v) is 7.33. The van der Waals surface area contributed by atoms with Crippen molar-refractivity contribution in [2.45, 2.75) is 26.8 Å². The van der Waals surface area contributed by atoms with E-state index in [4.69, 9.17) is 4.42 Å². The third-order valence-corrected chi connectivity index (χ3v) is 3.77. The molecule has 0 aliphatic carbocycles. The molecule has 0 amide bonds. The quantitative estimate of drug-likeness (QED) is 0.780. The number of rotatable bonds is 4. The van der Waals surface area contributed by atoms with E-state index in [2.05, 4.69) is 49.3 Å². The van der Waals surface area contributed by atoms with E-state index in [1.165, 1.54) is 11.1 Å². The Labute approximate surface area is 125 Å². The highest BCUT2D eigenvalue weighted by Crippen LogP contribution is 2.29. The molecule has 3 nitrogen and oxygen atoms in total. The number of nitrogens with one attached hydrogen (secondary N) is 1. The van der Waals surface area contributed by atoms with E-state index in [0.29, 0.717) is 0 Å². The minimum atomic E-state index is 0.0383. The van der Waals surface area contributed by atoms with Gasteiger partial charge in [0.05, 0.1) is 6.04 Å². The Kier molecular flexibility index (Phi) is 3.76. The third kappa shape index (κ3) is 2.69. The lowest BCUT2D eigenvalue weighted by Gasteiger charge is -2.17. The maximum absolute atomic E-state index is 6.06. The van der Waals surface area contributed by atoms with Gasteiger partial charge >= 0.3 is 0 Å². The van der Waals surface area contributed by atoms with Crippen molar-refractivity contribution in [2.75, 3.05) is 6.54 Å². The summed E-state index contributed by atoms with van der Waals surface area (Å²) in [6.45, 7) is 7.17. The predicted octanol–water partition coefficient (Wildman–Crippen LogP) is 4.14. The van der Waals surface area contributed by atoms with Crippen LogP contribution in [0, 0.1) is 13.8 Å². The largest absolute Gasteiger partial charge is 0.459 e. The third-order valence-electron chi connectivity index (χ3n) is 3.77. The summed E-state index contributed by atoms with van der Waals surface area (Å²) < 4.78 is 6.06. The molecule has 108 valence electrons. The van der Waals surface area contributed by atoms with E-state index in [9.17, 15) is 0 Å². The fourth-order valence-corrected chi connectivity index (χ4v) is 2.67. The Hall–Kier alpha value is -2.13. The SMILES string of the molecule is CCNC(c1cc2cc(C)ccc2o1)c1cnccc1C. The molecule has 2 aromatic heterocycles. The van der Waals surface area contributed by atoms with E-state index in [1.54, 1.807) is 0 Å². The molecule has 0 aliphatic rings. The second kappa shape index (κ2) is 5.70. The molecule has 0 spiro atoms. The summed E-state index contributed by atoms with van der Waals surface area (Å²) in [6, 6.07) is 10.5. The van der Waals surface area contributed by atoms with Gasteiger partial charge in [-0.3, -0.25) is 4.98 Å². The maximum atomic E-state index is 6.06. The van der Waals surface area contributed by atoms with Crippen LogP contribution in [0.25, 0.3) is 11.0 Å². The summed E-state index contributed by atoms with van der Waals surface area (Å²) in [4.78, 5) is 4.26. The molecule has 0 bridgehead atoms. The summed E-state index contributed by atoms with van der Waals surface area (Å²) in [5, 5.41) is 4.65. The molecule has 3 heteroatoms. The fourth-order valence-electron chi connectivity index (χ4n) is 2.67. The molecule has 2 heterocycles. The van der Waals surface area contributed by atoms with Crippen LogP contribution in [0.5, 0.6) is 0 Å². The van der Waals surface area contributed by atoms with Gasteiger partial charge in [0.2, 0.25) is 0 Å². The van der Waals surface area contributed by atoms with Gasteiger partial charge < -0.3 is 9.73 Å². The molecule has 0 fully saturated rings. The zero-order valence-corrected chi connectivity index (χ0v) is 12.7. The van der Waals surface area contributed by atoms with Crippen molar-refractivity contribution in [3.05, 3.63) is 65.2 Å². The first-order valence-electron chi connectivity index (χ1n) is 7.33. The topological polar surface area (TPSA) is 38.1 Å². The van der Waals surface area contributed by atoms with Gasteiger partial charge in [0.15, 0.2) is 0 Å². The number of benzene rings is 1. The van der Waals surface area contributed by atoms with Gasteiger partial charge in [-0.2, -0.15) is 0 Å². The summed E-state index contributed by atoms with van der Waals surface area (Å²) in [5.41, 5.74) is 4.55. The number of furan rings is 1. The summed E-state index contributed by atoms with van der Waals surface area (Å²) in [7, 11) is 0. The molecule has 1 aromatic carbocycles. The number of pyridine rings is 1. The fraction of sp³-hybridized carbons (Fsp3) is 0.278. The number of fused-ring (bicyclic) bond motifs is 1. The molecule has 1 unspecified atom stereocenters. The molecule has 1 atom stereocenters. The van der Waals surface area contributed by atoms with E-state index < -0.39 is 0 Å². The zero-order valence-electron chi connectivity index (χ0n) is 12.7. The van der Waals surface area contributed by atoms with Crippen molar-refractivity contribution < 1.29 is 4.42 Å². The molecular formula is C18H20N2O. The van der Waals surface area contributed by atoms with Gasteiger partial charge in [0.25, 0.3) is 0 Å². The Morgan fingerprint density at radius 3 is 2.81 bits per heavy atom. The van der Waals surface area contributed by atoms with Crippen LogP contribution in [-0.4, -0.2) is 11.5 Å². The van der Waals surface area contributed by atoms with Crippen molar-refractivity contribution in [3.63, 3.8) is 0 Å². The summed E-state index contributed by atoms with van der Waals surface area (Å²) >= 11 is 0. The second-order valence-corrected chi connectivity index (χ2v) is 5.41. The van der Waals surface area contributed by atoms with Crippen LogP contribution in [0.3, 0.4) is 0 Å². The van der Waals surface area contributed by atoms with Gasteiger partial charge in [-0.1, -0.05) is 18.6 Å². The van der Waals surface area contributed by atoms with E-state index in [1.807, 2.05) is 24.5 Å². The van der Waals surface area contributed by atoms with E-state index >= 15 is 0 Å². The monoisotopic (exact) mass is 280 g/mol. The maximum Gasteiger partial charge on any atom is 0.134 e. The number of aromatic nitrogens is 1. The average molecular weight is 280 g/mol. The summed E-state index contributed by atoms with van der Waals surface area (Å²) in [6.07, 6.45) is 3.74. The number of aryl methyl sites for hydroxylation is 2. The molecule has 0 saturated heterocycles. The predicted molar refractivity (Wildman–Crippen MR) is 85.4 cm³/mol. The van der Waals surface area contributed by atoms with Crippen molar-refractivity contribution in [2.24, 2.45) is 0 Å². The van der Waals surface area contributed by atoms with Crippen molar-refractivity contribution >= 4 is 11.0 Å². The molecule has 21 heavy (non-hydrogen) atoms. The molecule has 0 radical (unpaired) electrons. The molecule has 3 aromatic rings. The average Bonchev–Trinajstić information content (AvgIpc) is 2.88. The lowest BCUT2D eigenvalue weighted by atomic mass is 10.0. The minimum absolute atomic E-state index is 0.0383. The molecule has 0 saturated carbocycles. The normalized spacial score (nSPS) is 12.7. The highest BCUT2D eigenvalue weighted by Gasteiger charge is 2.19. The van der Waals surface area contributed by atoms with Gasteiger partial charge in [0, 0.05) is 17.8 Å². The number of nitrogens with zero attached hydrogens (tertiary/aromatic N) is 1. The van der Waals surface area contributed by atoms with E-state index in [-0.39, 0.29) is 6.04 Å². The Morgan fingerprint density at radius 1 is 1.19 bits per heavy atom. The summed E-state index contributed by atoms with van der Waals surface area (Å²) in [5.74, 6) is 0.938. The minimum Gasteiger partial charge on any atom is -0.459 e. The Morgan fingerprint density at radius 2 is 2.05 bits per heavy atom. The first kappa shape index (κ1) is 13.8. The van der Waals surface area contributed by atoms with Crippen LogP contribution in [0.1, 0.15) is 35.4 Å². The lowest BCUT2D eigenvalue weighted by Crippen LogP contribution is -2.22. The standard InChI is InChI=1S/C18H20N2O/c1-4-20-18(15-11-19-8-7-13(15)3)17-10-14-9-12(2)5-6-16(14)21-17/h5-11,18,20H,4H2,1-3H3.